The fraction of sp³-hybridized carbons (Fsp3) is 0.421. The van der Waals surface area contributed by atoms with Gasteiger partial charge in [0.1, 0.15) is 10.7 Å². The van der Waals surface area contributed by atoms with Gasteiger partial charge in [-0.1, -0.05) is 6.92 Å². The zero-order chi connectivity index (χ0) is 19.5. The number of aromatic nitrogens is 5. The maximum Gasteiger partial charge on any atom is 0.273 e. The number of hydrogen-bond donors (Lipinski definition) is 0. The highest BCUT2D eigenvalue weighted by atomic mass is 32.1. The number of thiazole rings is 1. The van der Waals surface area contributed by atoms with Crippen molar-refractivity contribution in [3.05, 3.63) is 41.9 Å². The smallest absolute Gasteiger partial charge is 0.273 e. The van der Waals surface area contributed by atoms with Crippen LogP contribution >= 0.6 is 11.3 Å². The normalized spacial score (nSPS) is 15.6. The molecule has 0 aromatic carbocycles. The molecule has 4 rings (SSSR count). The lowest BCUT2D eigenvalue weighted by atomic mass is 10.0. The summed E-state index contributed by atoms with van der Waals surface area (Å²) in [6.45, 7) is 5.34. The number of carbonyl (C=O) groups is 1. The van der Waals surface area contributed by atoms with Gasteiger partial charge in [0.25, 0.3) is 5.91 Å². The van der Waals surface area contributed by atoms with Gasteiger partial charge >= 0.3 is 0 Å². The first kappa shape index (κ1) is 18.7. The first-order chi connectivity index (χ1) is 13.7. The van der Waals surface area contributed by atoms with Crippen LogP contribution in [0.15, 0.2) is 36.2 Å². The zero-order valence-electron chi connectivity index (χ0n) is 16.0. The van der Waals surface area contributed by atoms with E-state index in [1.807, 2.05) is 23.5 Å². The second-order valence-corrected chi connectivity index (χ2v) is 7.70. The second kappa shape index (κ2) is 8.15. The maximum absolute atomic E-state index is 12.9. The number of rotatable bonds is 5. The molecule has 9 heteroatoms. The molecule has 0 saturated carbocycles. The van der Waals surface area contributed by atoms with Gasteiger partial charge < -0.3 is 9.80 Å². The topological polar surface area (TPSA) is 80.0 Å². The molecular weight excluding hydrogens is 374 g/mol. The number of amides is 1. The number of likely N-dealkylation sites (tertiary alicyclic amines) is 1. The van der Waals surface area contributed by atoms with Crippen molar-refractivity contribution in [2.45, 2.75) is 25.8 Å². The van der Waals surface area contributed by atoms with E-state index in [1.54, 1.807) is 29.3 Å². The van der Waals surface area contributed by atoms with Crippen molar-refractivity contribution >= 4 is 17.2 Å². The van der Waals surface area contributed by atoms with E-state index in [0.29, 0.717) is 11.6 Å². The Kier molecular flexibility index (Phi) is 5.45. The largest absolute Gasteiger partial charge is 0.337 e. The Morgan fingerprint density at radius 3 is 2.75 bits per heavy atom. The third-order valence-corrected chi connectivity index (χ3v) is 6.07. The highest BCUT2D eigenvalue weighted by molar-refractivity contribution is 7.13. The summed E-state index contributed by atoms with van der Waals surface area (Å²) in [5.74, 6) is 0.482. The Bertz CT molecular complexity index is 931. The molecule has 8 nitrogen and oxygen atoms in total. The van der Waals surface area contributed by atoms with Crippen LogP contribution in [0.4, 0.5) is 0 Å². The molecule has 146 valence electrons. The van der Waals surface area contributed by atoms with Gasteiger partial charge in [-0.15, -0.1) is 11.3 Å². The monoisotopic (exact) mass is 397 g/mol. The highest BCUT2D eigenvalue weighted by Crippen LogP contribution is 2.25. The third-order valence-electron chi connectivity index (χ3n) is 5.18. The Balaban J connectivity index is 1.45. The van der Waals surface area contributed by atoms with Gasteiger partial charge in [0.15, 0.2) is 0 Å². The van der Waals surface area contributed by atoms with Crippen molar-refractivity contribution in [2.24, 2.45) is 0 Å². The Hall–Kier alpha value is -2.65. The van der Waals surface area contributed by atoms with E-state index in [1.165, 1.54) is 11.3 Å². The minimum Gasteiger partial charge on any atom is -0.337 e. The molecule has 0 aliphatic carbocycles. The molecule has 0 unspecified atom stereocenters. The summed E-state index contributed by atoms with van der Waals surface area (Å²) < 4.78 is 1.60. The van der Waals surface area contributed by atoms with Crippen LogP contribution in [0.2, 0.25) is 0 Å². The van der Waals surface area contributed by atoms with E-state index < -0.39 is 0 Å². The molecule has 0 spiro atoms. The average Bonchev–Trinajstić information content (AvgIpc) is 3.43. The van der Waals surface area contributed by atoms with Gasteiger partial charge in [-0.3, -0.25) is 4.79 Å². The van der Waals surface area contributed by atoms with Crippen molar-refractivity contribution in [3.63, 3.8) is 0 Å². The molecule has 0 radical (unpaired) electrons. The van der Waals surface area contributed by atoms with Crippen LogP contribution < -0.4 is 0 Å². The molecule has 3 aromatic heterocycles. The molecule has 28 heavy (non-hydrogen) atoms. The van der Waals surface area contributed by atoms with Crippen LogP contribution in [0.1, 0.15) is 30.3 Å². The summed E-state index contributed by atoms with van der Waals surface area (Å²) >= 11 is 1.45. The van der Waals surface area contributed by atoms with Gasteiger partial charge in [-0.05, 0) is 25.5 Å². The van der Waals surface area contributed by atoms with Crippen molar-refractivity contribution < 1.29 is 4.79 Å². The molecule has 4 heterocycles. The molecule has 1 saturated heterocycles. The lowest BCUT2D eigenvalue weighted by molar-refractivity contribution is 0.0642. The minimum atomic E-state index is -0.0174. The summed E-state index contributed by atoms with van der Waals surface area (Å²) in [5, 5.41) is 6.89. The average molecular weight is 398 g/mol. The predicted molar refractivity (Wildman–Crippen MR) is 107 cm³/mol. The van der Waals surface area contributed by atoms with E-state index in [2.05, 4.69) is 31.9 Å². The van der Waals surface area contributed by atoms with Crippen molar-refractivity contribution in [3.8, 4) is 16.5 Å². The summed E-state index contributed by atoms with van der Waals surface area (Å²) in [6, 6.07) is 2.04. The SMILES string of the molecule is CCN1CCC(N(C)C(=O)c2csc(-c3cnn(-c4ncccn4)c3)n2)CC1. The van der Waals surface area contributed by atoms with E-state index in [4.69, 9.17) is 0 Å². The molecule has 1 fully saturated rings. The van der Waals surface area contributed by atoms with Crippen LogP contribution in [0.3, 0.4) is 0 Å². The maximum atomic E-state index is 12.9. The van der Waals surface area contributed by atoms with E-state index in [-0.39, 0.29) is 11.9 Å². The Labute approximate surface area is 167 Å². The van der Waals surface area contributed by atoms with E-state index in [9.17, 15) is 4.79 Å². The molecule has 0 atom stereocenters. The Morgan fingerprint density at radius 1 is 1.29 bits per heavy atom. The van der Waals surface area contributed by atoms with Crippen LogP contribution in [-0.2, 0) is 0 Å². The quantitative estimate of drug-likeness (QED) is 0.657. The summed E-state index contributed by atoms with van der Waals surface area (Å²) in [7, 11) is 1.89. The van der Waals surface area contributed by atoms with Crippen molar-refractivity contribution in [1.82, 2.24) is 34.5 Å². The first-order valence-corrected chi connectivity index (χ1v) is 10.3. The molecule has 0 N–H and O–H groups in total. The van der Waals surface area contributed by atoms with Gasteiger partial charge in [-0.2, -0.15) is 5.10 Å². The van der Waals surface area contributed by atoms with E-state index >= 15 is 0 Å². The van der Waals surface area contributed by atoms with Gasteiger partial charge in [0, 0.05) is 55.7 Å². The number of nitrogens with zero attached hydrogens (tertiary/aromatic N) is 7. The van der Waals surface area contributed by atoms with Gasteiger partial charge in [0.05, 0.1) is 6.20 Å². The lowest BCUT2D eigenvalue weighted by Gasteiger charge is -2.36. The van der Waals surface area contributed by atoms with E-state index in [0.717, 1.165) is 43.0 Å². The third kappa shape index (κ3) is 3.81. The molecule has 0 bridgehead atoms. The number of hydrogen-bond acceptors (Lipinski definition) is 7. The first-order valence-electron chi connectivity index (χ1n) is 9.43. The van der Waals surface area contributed by atoms with Crippen molar-refractivity contribution in [1.29, 1.82) is 0 Å². The summed E-state index contributed by atoms with van der Waals surface area (Å²) in [5.41, 5.74) is 1.33. The highest BCUT2D eigenvalue weighted by Gasteiger charge is 2.26. The molecular formula is C19H23N7OS. The van der Waals surface area contributed by atoms with Crippen LogP contribution in [0, 0.1) is 0 Å². The number of piperidine rings is 1. The predicted octanol–water partition coefficient (Wildman–Crippen LogP) is 2.34. The van der Waals surface area contributed by atoms with Crippen LogP contribution in [0.25, 0.3) is 16.5 Å². The minimum absolute atomic E-state index is 0.0174. The van der Waals surface area contributed by atoms with Crippen LogP contribution in [-0.4, -0.2) is 73.2 Å². The Morgan fingerprint density at radius 2 is 2.04 bits per heavy atom. The summed E-state index contributed by atoms with van der Waals surface area (Å²) in [4.78, 5) is 30.1. The fourth-order valence-electron chi connectivity index (χ4n) is 3.43. The van der Waals surface area contributed by atoms with Gasteiger partial charge in [-0.25, -0.2) is 19.6 Å². The summed E-state index contributed by atoms with van der Waals surface area (Å²) in [6.07, 6.45) is 8.91. The number of carbonyl (C=O) groups excluding carboxylic acids is 1. The standard InChI is InChI=1S/C19H23N7OS/c1-3-25-9-5-15(6-10-25)24(2)18(27)16-13-28-17(23-16)14-11-22-26(12-14)19-20-7-4-8-21-19/h4,7-8,11-13,15H,3,5-6,9-10H2,1-2H3. The molecule has 1 amide bonds. The lowest BCUT2D eigenvalue weighted by Crippen LogP contribution is -2.45. The van der Waals surface area contributed by atoms with Gasteiger partial charge in [0.2, 0.25) is 5.95 Å². The molecule has 1 aliphatic heterocycles. The molecule has 3 aromatic rings. The molecule has 1 aliphatic rings. The second-order valence-electron chi connectivity index (χ2n) is 6.84. The van der Waals surface area contributed by atoms with Crippen LogP contribution in [0.5, 0.6) is 0 Å². The zero-order valence-corrected chi connectivity index (χ0v) is 16.8. The van der Waals surface area contributed by atoms with Crippen molar-refractivity contribution in [2.75, 3.05) is 26.7 Å². The fourth-order valence-corrected chi connectivity index (χ4v) is 4.20.